The zero-order valence-corrected chi connectivity index (χ0v) is 23.6. The van der Waals surface area contributed by atoms with E-state index < -0.39 is 5.66 Å². The monoisotopic (exact) mass is 587 g/mol. The second-order valence-electron chi connectivity index (χ2n) is 9.75. The van der Waals surface area contributed by atoms with Crippen molar-refractivity contribution in [1.82, 2.24) is 0 Å². The minimum atomic E-state index is -0.604. The maximum atomic E-state index is 5.47. The third-order valence-corrected chi connectivity index (χ3v) is 9.52. The summed E-state index contributed by atoms with van der Waals surface area (Å²) >= 11 is 5.82. The first kappa shape index (κ1) is 24.3. The van der Waals surface area contributed by atoms with Gasteiger partial charge in [0.2, 0.25) is 0 Å². The Morgan fingerprint density at radius 1 is 0.692 bits per heavy atom. The Labute approximate surface area is 241 Å². The lowest BCUT2D eigenvalue weighted by atomic mass is 9.88. The number of hydrazone groups is 1. The van der Waals surface area contributed by atoms with Crippen LogP contribution in [0.5, 0.6) is 0 Å². The molecule has 5 aromatic rings. The van der Waals surface area contributed by atoms with Crippen LogP contribution in [0.2, 0.25) is 0 Å². The first-order chi connectivity index (χ1) is 19.3. The van der Waals surface area contributed by atoms with Gasteiger partial charge in [0.25, 0.3) is 0 Å². The number of hydrogen-bond acceptors (Lipinski definition) is 4. The molecule has 0 saturated carbocycles. The molecular formula is C34H26BrN3S. The Morgan fingerprint density at radius 2 is 1.31 bits per heavy atom. The maximum absolute atomic E-state index is 5.47. The Morgan fingerprint density at radius 3 is 2.05 bits per heavy atom. The minimum Gasteiger partial charge on any atom is -0.294 e. The maximum Gasteiger partial charge on any atom is 0.167 e. The van der Waals surface area contributed by atoms with Crippen LogP contribution >= 0.6 is 27.7 Å². The van der Waals surface area contributed by atoms with Gasteiger partial charge in [0.1, 0.15) is 0 Å². The van der Waals surface area contributed by atoms with Gasteiger partial charge in [-0.3, -0.25) is 4.90 Å². The summed E-state index contributed by atoms with van der Waals surface area (Å²) in [5.41, 5.74) is 5.21. The summed E-state index contributed by atoms with van der Waals surface area (Å²) in [5.74, 6) is 0.948. The number of fused-ring (bicyclic) bond motifs is 3. The van der Waals surface area contributed by atoms with Crippen LogP contribution in [0.25, 0.3) is 0 Å². The molecule has 0 N–H and O–H groups in total. The van der Waals surface area contributed by atoms with Crippen molar-refractivity contribution in [2.45, 2.75) is 22.2 Å². The number of halogens is 1. The Hall–Kier alpha value is -3.80. The predicted molar refractivity (Wildman–Crippen MR) is 166 cm³/mol. The van der Waals surface area contributed by atoms with Crippen molar-refractivity contribution in [2.75, 3.05) is 9.91 Å². The fourth-order valence-electron chi connectivity index (χ4n) is 5.78. The van der Waals surface area contributed by atoms with Gasteiger partial charge in [0.05, 0.1) is 11.4 Å². The molecule has 2 aliphatic heterocycles. The number of anilines is 2. The van der Waals surface area contributed by atoms with Crippen LogP contribution in [0.4, 0.5) is 11.4 Å². The number of benzene rings is 5. The zero-order chi connectivity index (χ0) is 26.2. The van der Waals surface area contributed by atoms with E-state index in [9.17, 15) is 0 Å². The summed E-state index contributed by atoms with van der Waals surface area (Å²) in [6.45, 7) is 0. The highest BCUT2D eigenvalue weighted by atomic mass is 79.9. The summed E-state index contributed by atoms with van der Waals surface area (Å²) < 4.78 is 1.13. The van der Waals surface area contributed by atoms with E-state index >= 15 is 0 Å². The van der Waals surface area contributed by atoms with Crippen LogP contribution in [0.3, 0.4) is 0 Å². The highest BCUT2D eigenvalue weighted by molar-refractivity contribution is 9.10. The molecule has 0 radical (unpaired) electrons. The molecule has 2 aliphatic rings. The summed E-state index contributed by atoms with van der Waals surface area (Å²) in [7, 11) is 0. The molecule has 0 spiro atoms. The van der Waals surface area contributed by atoms with Crippen molar-refractivity contribution in [1.29, 1.82) is 0 Å². The fraction of sp³-hybridized carbons (Fsp3) is 0.0882. The van der Waals surface area contributed by atoms with Crippen molar-refractivity contribution in [3.63, 3.8) is 0 Å². The van der Waals surface area contributed by atoms with E-state index in [2.05, 4.69) is 165 Å². The molecule has 0 unspecified atom stereocenters. The van der Waals surface area contributed by atoms with E-state index in [0.29, 0.717) is 0 Å². The molecule has 0 aliphatic carbocycles. The molecule has 0 amide bonds. The first-order valence-corrected chi connectivity index (χ1v) is 14.8. The third kappa shape index (κ3) is 4.08. The number of hydrogen-bond donors (Lipinski definition) is 0. The Balaban J connectivity index is 1.56. The van der Waals surface area contributed by atoms with Gasteiger partial charge in [0.15, 0.2) is 11.5 Å². The predicted octanol–water partition coefficient (Wildman–Crippen LogP) is 9.23. The molecule has 39 heavy (non-hydrogen) atoms. The second-order valence-corrected chi connectivity index (χ2v) is 11.9. The van der Waals surface area contributed by atoms with Crippen LogP contribution in [-0.2, 0) is 5.66 Å². The average molecular weight is 589 g/mol. The van der Waals surface area contributed by atoms with E-state index in [-0.39, 0.29) is 5.25 Å². The van der Waals surface area contributed by atoms with E-state index in [1.165, 1.54) is 21.7 Å². The number of rotatable bonds is 4. The molecule has 5 heteroatoms. The summed E-state index contributed by atoms with van der Waals surface area (Å²) in [6.07, 6.45) is 0.813. The van der Waals surface area contributed by atoms with Crippen molar-refractivity contribution in [3.05, 3.63) is 161 Å². The smallest absolute Gasteiger partial charge is 0.167 e. The SMILES string of the molecule is Brc1ccccc1[C@@H]1C[C@]2(c3ccccc3)N(c3ccccc3)N=C(c3ccccc3)N2c2ccccc2S1. The Bertz CT molecular complexity index is 1640. The van der Waals surface area contributed by atoms with Gasteiger partial charge < -0.3 is 0 Å². The number of nitrogens with zero attached hydrogens (tertiary/aromatic N) is 3. The lowest BCUT2D eigenvalue weighted by Crippen LogP contribution is -2.54. The highest BCUT2D eigenvalue weighted by Gasteiger charge is 2.55. The van der Waals surface area contributed by atoms with Crippen molar-refractivity contribution in [3.8, 4) is 0 Å². The van der Waals surface area contributed by atoms with Crippen LogP contribution in [0.15, 0.2) is 154 Å². The lowest BCUT2D eigenvalue weighted by molar-refractivity contribution is 0.407. The quantitative estimate of drug-likeness (QED) is 0.209. The van der Waals surface area contributed by atoms with Gasteiger partial charge in [0, 0.05) is 32.2 Å². The molecule has 2 atom stereocenters. The second kappa shape index (κ2) is 10.1. The molecule has 0 bridgehead atoms. The molecule has 0 fully saturated rings. The minimum absolute atomic E-state index is 0.170. The van der Waals surface area contributed by atoms with E-state index in [1.54, 1.807) is 0 Å². The lowest BCUT2D eigenvalue weighted by Gasteiger charge is -2.45. The van der Waals surface area contributed by atoms with Crippen molar-refractivity contribution >= 4 is 44.9 Å². The van der Waals surface area contributed by atoms with Crippen LogP contribution < -0.4 is 9.91 Å². The topological polar surface area (TPSA) is 18.8 Å². The van der Waals surface area contributed by atoms with Gasteiger partial charge in [-0.05, 0) is 35.9 Å². The Kier molecular flexibility index (Phi) is 6.26. The number of amidine groups is 1. The normalized spacial score (nSPS) is 20.1. The molecular weight excluding hydrogens is 562 g/mol. The standard InChI is InChI=1S/C34H26BrN3S/c35-29-21-11-10-20-28(29)32-24-34(26-16-6-2-7-17-26)37(30-22-12-13-23-31(30)39-32)33(25-14-4-1-5-15-25)36-38(34)27-18-8-3-9-19-27/h1-23,32H,24H2/t32-,34+/m0/s1. The van der Waals surface area contributed by atoms with Crippen molar-refractivity contribution < 1.29 is 0 Å². The average Bonchev–Trinajstić information content (AvgIpc) is 3.26. The molecule has 5 aromatic carbocycles. The molecule has 0 saturated heterocycles. The van der Waals surface area contributed by atoms with Gasteiger partial charge in [-0.2, -0.15) is 5.10 Å². The summed E-state index contributed by atoms with van der Waals surface area (Å²) in [6, 6.07) is 49.4. The third-order valence-electron chi connectivity index (χ3n) is 7.49. The van der Waals surface area contributed by atoms with Gasteiger partial charge >= 0.3 is 0 Å². The molecule has 190 valence electrons. The number of para-hydroxylation sites is 2. The van der Waals surface area contributed by atoms with Crippen LogP contribution in [0, 0.1) is 0 Å². The molecule has 3 nitrogen and oxygen atoms in total. The zero-order valence-electron chi connectivity index (χ0n) is 21.2. The van der Waals surface area contributed by atoms with Crippen molar-refractivity contribution in [2.24, 2.45) is 5.10 Å². The van der Waals surface area contributed by atoms with Gasteiger partial charge in [-0.1, -0.05) is 125 Å². The van der Waals surface area contributed by atoms with E-state index in [4.69, 9.17) is 5.10 Å². The van der Waals surface area contributed by atoms with Gasteiger partial charge in [-0.15, -0.1) is 11.8 Å². The fourth-order valence-corrected chi connectivity index (χ4v) is 7.88. The van der Waals surface area contributed by atoms with Crippen LogP contribution in [0.1, 0.15) is 28.4 Å². The van der Waals surface area contributed by atoms with Crippen LogP contribution in [-0.4, -0.2) is 5.84 Å². The largest absolute Gasteiger partial charge is 0.294 e. The van der Waals surface area contributed by atoms with E-state index in [1.807, 2.05) is 11.8 Å². The summed E-state index contributed by atoms with van der Waals surface area (Å²) in [5, 5.41) is 7.90. The summed E-state index contributed by atoms with van der Waals surface area (Å²) in [4.78, 5) is 3.73. The molecule has 2 heterocycles. The number of thioether (sulfide) groups is 1. The molecule has 7 rings (SSSR count). The van der Waals surface area contributed by atoms with E-state index in [0.717, 1.165) is 28.0 Å². The molecule has 0 aromatic heterocycles. The first-order valence-electron chi connectivity index (χ1n) is 13.1. The highest BCUT2D eigenvalue weighted by Crippen LogP contribution is 2.58. The van der Waals surface area contributed by atoms with Gasteiger partial charge in [-0.25, -0.2) is 5.01 Å².